The summed E-state index contributed by atoms with van der Waals surface area (Å²) >= 11 is 0. The van der Waals surface area contributed by atoms with Gasteiger partial charge in [-0.15, -0.1) is 0 Å². The third-order valence-electron chi connectivity index (χ3n) is 5.33. The lowest BCUT2D eigenvalue weighted by Gasteiger charge is -2.16. The third kappa shape index (κ3) is 9.77. The van der Waals surface area contributed by atoms with Crippen molar-refractivity contribution in [3.8, 4) is 0 Å². The Kier molecular flexibility index (Phi) is 11.4. The number of allylic oxidation sites excluding steroid dienone is 4. The summed E-state index contributed by atoms with van der Waals surface area (Å²) < 4.78 is 0. The standard InChI is InChI=1S/C23H38O2/c1-4-20-13-10-8-6-5-7-9-11-14-21(18-17-19(2)3)23(25)16-12-15-22(20)24/h6,8,17,20-21H,4-5,7,9-16,18H2,1-3H3/b8-6-. The zero-order chi connectivity index (χ0) is 18.5. The second kappa shape index (κ2) is 13.1. The van der Waals surface area contributed by atoms with Gasteiger partial charge in [-0.1, -0.05) is 43.6 Å². The van der Waals surface area contributed by atoms with Gasteiger partial charge in [0.25, 0.3) is 0 Å². The summed E-state index contributed by atoms with van der Waals surface area (Å²) in [5, 5.41) is 0. The van der Waals surface area contributed by atoms with E-state index < -0.39 is 0 Å². The summed E-state index contributed by atoms with van der Waals surface area (Å²) in [5.41, 5.74) is 1.28. The molecule has 25 heavy (non-hydrogen) atoms. The van der Waals surface area contributed by atoms with Gasteiger partial charge < -0.3 is 0 Å². The molecule has 0 N–H and O–H groups in total. The molecule has 0 aromatic rings. The van der Waals surface area contributed by atoms with Crippen molar-refractivity contribution in [1.29, 1.82) is 0 Å². The molecule has 0 radical (unpaired) electrons. The number of carbonyl (C=O) groups excluding carboxylic acids is 2. The van der Waals surface area contributed by atoms with Crippen molar-refractivity contribution in [2.24, 2.45) is 11.8 Å². The molecule has 2 atom stereocenters. The lowest BCUT2D eigenvalue weighted by molar-refractivity contribution is -0.124. The molecule has 0 aromatic carbocycles. The highest BCUT2D eigenvalue weighted by Crippen LogP contribution is 2.22. The number of ketones is 2. The minimum Gasteiger partial charge on any atom is -0.299 e. The van der Waals surface area contributed by atoms with Gasteiger partial charge in [0.2, 0.25) is 0 Å². The Morgan fingerprint density at radius 1 is 0.920 bits per heavy atom. The summed E-state index contributed by atoms with van der Waals surface area (Å²) in [6.45, 7) is 6.29. The number of carbonyl (C=O) groups is 2. The number of Topliss-reactive ketones (excluding diaryl/α,β-unsaturated/α-hetero) is 2. The molecular weight excluding hydrogens is 308 g/mol. The maximum atomic E-state index is 12.6. The molecule has 2 nitrogen and oxygen atoms in total. The van der Waals surface area contributed by atoms with Gasteiger partial charge >= 0.3 is 0 Å². The van der Waals surface area contributed by atoms with E-state index in [1.54, 1.807) is 0 Å². The second-order valence-corrected chi connectivity index (χ2v) is 7.79. The van der Waals surface area contributed by atoms with Crippen LogP contribution in [0.4, 0.5) is 0 Å². The van der Waals surface area contributed by atoms with Crippen LogP contribution in [0.15, 0.2) is 23.8 Å². The lowest BCUT2D eigenvalue weighted by Crippen LogP contribution is -2.17. The summed E-state index contributed by atoms with van der Waals surface area (Å²) in [5.74, 6) is 1.05. The van der Waals surface area contributed by atoms with Crippen LogP contribution < -0.4 is 0 Å². The van der Waals surface area contributed by atoms with E-state index in [0.29, 0.717) is 24.4 Å². The Morgan fingerprint density at radius 2 is 1.60 bits per heavy atom. The topological polar surface area (TPSA) is 34.1 Å². The van der Waals surface area contributed by atoms with Crippen LogP contribution in [0.5, 0.6) is 0 Å². The van der Waals surface area contributed by atoms with Crippen molar-refractivity contribution >= 4 is 11.6 Å². The largest absolute Gasteiger partial charge is 0.299 e. The van der Waals surface area contributed by atoms with E-state index in [2.05, 4.69) is 39.0 Å². The zero-order valence-corrected chi connectivity index (χ0v) is 16.7. The highest BCUT2D eigenvalue weighted by atomic mass is 16.1. The predicted octanol–water partition coefficient (Wildman–Crippen LogP) is 6.59. The molecule has 0 amide bonds. The molecule has 2 unspecified atom stereocenters. The Bertz CT molecular complexity index is 455. The van der Waals surface area contributed by atoms with E-state index in [0.717, 1.165) is 51.4 Å². The Morgan fingerprint density at radius 3 is 2.28 bits per heavy atom. The van der Waals surface area contributed by atoms with Gasteiger partial charge in [0.05, 0.1) is 0 Å². The van der Waals surface area contributed by atoms with E-state index in [1.807, 2.05) is 0 Å². The first-order chi connectivity index (χ1) is 12.0. The van der Waals surface area contributed by atoms with Gasteiger partial charge in [-0.3, -0.25) is 9.59 Å². The van der Waals surface area contributed by atoms with Crippen LogP contribution in [0.3, 0.4) is 0 Å². The van der Waals surface area contributed by atoms with Crippen LogP contribution in [0.1, 0.15) is 97.8 Å². The fraction of sp³-hybridized carbons (Fsp3) is 0.739. The molecule has 0 spiro atoms. The molecule has 142 valence electrons. The van der Waals surface area contributed by atoms with Crippen molar-refractivity contribution in [3.05, 3.63) is 23.8 Å². The van der Waals surface area contributed by atoms with E-state index in [-0.39, 0.29) is 11.8 Å². The van der Waals surface area contributed by atoms with Crippen molar-refractivity contribution in [2.75, 3.05) is 0 Å². The van der Waals surface area contributed by atoms with Gasteiger partial charge in [-0.2, -0.15) is 0 Å². The summed E-state index contributed by atoms with van der Waals surface area (Å²) in [6.07, 6.45) is 18.0. The van der Waals surface area contributed by atoms with Gasteiger partial charge in [-0.25, -0.2) is 0 Å². The summed E-state index contributed by atoms with van der Waals surface area (Å²) in [7, 11) is 0. The first kappa shape index (κ1) is 21.9. The normalized spacial score (nSPS) is 26.2. The number of hydrogen-bond donors (Lipinski definition) is 0. The average Bonchev–Trinajstić information content (AvgIpc) is 2.57. The molecule has 0 heterocycles. The molecule has 0 bridgehead atoms. The van der Waals surface area contributed by atoms with Crippen LogP contribution in [-0.2, 0) is 9.59 Å². The Labute approximate surface area is 155 Å². The quantitative estimate of drug-likeness (QED) is 0.540. The monoisotopic (exact) mass is 346 g/mol. The fourth-order valence-corrected chi connectivity index (χ4v) is 3.59. The minimum absolute atomic E-state index is 0.149. The minimum atomic E-state index is 0.149. The Balaban J connectivity index is 2.67. The lowest BCUT2D eigenvalue weighted by atomic mass is 9.88. The van der Waals surface area contributed by atoms with Crippen LogP contribution in [0.2, 0.25) is 0 Å². The molecule has 0 aromatic heterocycles. The van der Waals surface area contributed by atoms with Crippen LogP contribution in [-0.4, -0.2) is 11.6 Å². The van der Waals surface area contributed by atoms with E-state index in [1.165, 1.54) is 18.4 Å². The highest BCUT2D eigenvalue weighted by Gasteiger charge is 2.19. The van der Waals surface area contributed by atoms with E-state index in [4.69, 9.17) is 0 Å². The molecule has 0 fully saturated rings. The summed E-state index contributed by atoms with van der Waals surface area (Å²) in [4.78, 5) is 25.0. The van der Waals surface area contributed by atoms with E-state index >= 15 is 0 Å². The SMILES string of the molecule is CCC1CC/C=C\CCCCCC(CC=C(C)C)C(=O)CCCC1=O. The van der Waals surface area contributed by atoms with Crippen molar-refractivity contribution in [3.63, 3.8) is 0 Å². The van der Waals surface area contributed by atoms with Gasteiger partial charge in [0.1, 0.15) is 11.6 Å². The number of hydrogen-bond acceptors (Lipinski definition) is 2. The van der Waals surface area contributed by atoms with Gasteiger partial charge in [-0.05, 0) is 65.2 Å². The molecule has 0 saturated carbocycles. The second-order valence-electron chi connectivity index (χ2n) is 7.79. The fourth-order valence-electron chi connectivity index (χ4n) is 3.59. The van der Waals surface area contributed by atoms with Crippen LogP contribution in [0.25, 0.3) is 0 Å². The number of rotatable bonds is 3. The third-order valence-corrected chi connectivity index (χ3v) is 5.33. The predicted molar refractivity (Wildman–Crippen MR) is 107 cm³/mol. The maximum absolute atomic E-state index is 12.6. The van der Waals surface area contributed by atoms with Crippen LogP contribution in [0, 0.1) is 11.8 Å². The molecule has 1 rings (SSSR count). The molecule has 1 aliphatic carbocycles. The van der Waals surface area contributed by atoms with Crippen LogP contribution >= 0.6 is 0 Å². The first-order valence-corrected chi connectivity index (χ1v) is 10.4. The molecular formula is C23H38O2. The van der Waals surface area contributed by atoms with Gasteiger partial charge in [0, 0.05) is 24.7 Å². The average molecular weight is 347 g/mol. The van der Waals surface area contributed by atoms with Crippen molar-refractivity contribution in [1.82, 2.24) is 0 Å². The molecule has 2 heteroatoms. The molecule has 0 saturated heterocycles. The first-order valence-electron chi connectivity index (χ1n) is 10.4. The smallest absolute Gasteiger partial charge is 0.136 e. The Hall–Kier alpha value is -1.18. The highest BCUT2D eigenvalue weighted by molar-refractivity contribution is 5.83. The molecule has 1 aliphatic rings. The molecule has 0 aliphatic heterocycles. The van der Waals surface area contributed by atoms with E-state index in [9.17, 15) is 9.59 Å². The van der Waals surface area contributed by atoms with Gasteiger partial charge in [0.15, 0.2) is 0 Å². The summed E-state index contributed by atoms with van der Waals surface area (Å²) in [6, 6.07) is 0. The zero-order valence-electron chi connectivity index (χ0n) is 16.7. The van der Waals surface area contributed by atoms with Crippen molar-refractivity contribution in [2.45, 2.75) is 97.8 Å². The maximum Gasteiger partial charge on any atom is 0.136 e. The van der Waals surface area contributed by atoms with Crippen molar-refractivity contribution < 1.29 is 9.59 Å².